The maximum absolute atomic E-state index is 3.02. The molecule has 1 heteroatoms. The summed E-state index contributed by atoms with van der Waals surface area (Å²) in [5.41, 5.74) is 3.88. The molecule has 0 N–H and O–H groups in total. The van der Waals surface area contributed by atoms with Gasteiger partial charge < -0.3 is 0 Å². The molecule has 2 rings (SSSR count). The van der Waals surface area contributed by atoms with Crippen molar-refractivity contribution in [3.63, 3.8) is 0 Å². The topological polar surface area (TPSA) is 0 Å². The molecule has 0 heterocycles. The second-order valence-corrected chi connectivity index (χ2v) is 3.10. The molecule has 0 aliphatic carbocycles. The molecule has 0 unspecified atom stereocenters. The number of aryl methyl sites for hydroxylation is 1. The molecule has 14 heavy (non-hydrogen) atoms. The zero-order chi connectivity index (χ0) is 9.10. The van der Waals surface area contributed by atoms with Gasteiger partial charge in [0.25, 0.3) is 0 Å². The predicted octanol–water partition coefficient (Wildman–Crippen LogP) is 3.46. The number of rotatable bonds is 1. The summed E-state index contributed by atoms with van der Waals surface area (Å²) in [5.74, 6) is 0. The van der Waals surface area contributed by atoms with Crippen LogP contribution in [0.25, 0.3) is 11.1 Å². The Labute approximate surface area is 110 Å². The summed E-state index contributed by atoms with van der Waals surface area (Å²) in [6.07, 6.45) is 0. The Balaban J connectivity index is 0.000000980. The third-order valence-electron chi connectivity index (χ3n) is 2.17. The molecule has 2 aromatic rings. The van der Waals surface area contributed by atoms with Gasteiger partial charge in [-0.3, -0.25) is 0 Å². The van der Waals surface area contributed by atoms with Crippen molar-refractivity contribution >= 4 is 0 Å². The first-order valence-corrected chi connectivity index (χ1v) is 4.40. The van der Waals surface area contributed by atoms with Crippen LogP contribution in [0.4, 0.5) is 0 Å². The van der Waals surface area contributed by atoms with Gasteiger partial charge >= 0.3 is 0 Å². The standard InChI is InChI=1S/C13H11.Y/c1-11-7-5-6-10-13(11)12-8-3-2-4-9-12;/h3-10H,1H3;/q-1;. The summed E-state index contributed by atoms with van der Waals surface area (Å²) in [5, 5.41) is 0. The molecule has 0 saturated carbocycles. The third kappa shape index (κ3) is 2.53. The minimum absolute atomic E-state index is 0. The number of hydrogen-bond acceptors (Lipinski definition) is 0. The van der Waals surface area contributed by atoms with Crippen molar-refractivity contribution in [2.24, 2.45) is 0 Å². The van der Waals surface area contributed by atoms with E-state index in [4.69, 9.17) is 0 Å². The molecule has 0 aliphatic heterocycles. The molecule has 0 saturated heterocycles. The molecule has 0 fully saturated rings. The van der Waals surface area contributed by atoms with Gasteiger partial charge in [0.05, 0.1) is 0 Å². The first kappa shape index (κ1) is 11.6. The van der Waals surface area contributed by atoms with E-state index < -0.39 is 0 Å². The predicted molar refractivity (Wildman–Crippen MR) is 55.5 cm³/mol. The van der Waals surface area contributed by atoms with Gasteiger partial charge in [-0.15, -0.1) is 5.56 Å². The van der Waals surface area contributed by atoms with Crippen LogP contribution in [0.5, 0.6) is 0 Å². The van der Waals surface area contributed by atoms with Crippen LogP contribution >= 0.6 is 0 Å². The van der Waals surface area contributed by atoms with Gasteiger partial charge in [-0.1, -0.05) is 24.3 Å². The van der Waals surface area contributed by atoms with Crippen LogP contribution in [0.1, 0.15) is 5.56 Å². The van der Waals surface area contributed by atoms with Gasteiger partial charge in [0.1, 0.15) is 0 Å². The fourth-order valence-corrected chi connectivity index (χ4v) is 1.46. The Bertz CT molecular complexity index is 393. The van der Waals surface area contributed by atoms with Gasteiger partial charge in [0, 0.05) is 32.7 Å². The second kappa shape index (κ2) is 5.43. The Hall–Kier alpha value is -0.456. The molecular formula is C13H11Y-. The Kier molecular flexibility index (Phi) is 4.51. The zero-order valence-electron chi connectivity index (χ0n) is 8.20. The van der Waals surface area contributed by atoms with E-state index in [1.54, 1.807) is 0 Å². The fraction of sp³-hybridized carbons (Fsp3) is 0.0769. The minimum atomic E-state index is 0. The van der Waals surface area contributed by atoms with Crippen molar-refractivity contribution in [3.05, 3.63) is 60.2 Å². The molecule has 0 aliphatic rings. The molecule has 1 radical (unpaired) electrons. The van der Waals surface area contributed by atoms with Crippen LogP contribution in [-0.2, 0) is 32.7 Å². The van der Waals surface area contributed by atoms with E-state index in [1.165, 1.54) is 16.7 Å². The van der Waals surface area contributed by atoms with Gasteiger partial charge in [-0.2, -0.15) is 30.3 Å². The number of hydrogen-bond donors (Lipinski definition) is 0. The van der Waals surface area contributed by atoms with Crippen LogP contribution in [0.15, 0.2) is 48.5 Å². The van der Waals surface area contributed by atoms with Crippen molar-refractivity contribution in [3.8, 4) is 11.1 Å². The molecule has 0 aromatic heterocycles. The van der Waals surface area contributed by atoms with Gasteiger partial charge in [0.2, 0.25) is 0 Å². The van der Waals surface area contributed by atoms with Crippen LogP contribution in [0.3, 0.4) is 0 Å². The average Bonchev–Trinajstić information content (AvgIpc) is 2.20. The summed E-state index contributed by atoms with van der Waals surface area (Å²) in [7, 11) is 0. The smallest absolute Gasteiger partial charge is 0 e. The summed E-state index contributed by atoms with van der Waals surface area (Å²) >= 11 is 0. The minimum Gasteiger partial charge on any atom is -0.184 e. The zero-order valence-corrected chi connectivity index (χ0v) is 11.0. The first-order valence-electron chi connectivity index (χ1n) is 4.40. The number of benzene rings is 2. The SMILES string of the molecule is Cc1ccccc1-c1cc[c-]cc1.[Y]. The normalized spacial score (nSPS) is 9.21. The van der Waals surface area contributed by atoms with E-state index in [-0.39, 0.29) is 32.7 Å². The van der Waals surface area contributed by atoms with Gasteiger partial charge in [-0.25, -0.2) is 0 Å². The van der Waals surface area contributed by atoms with Crippen molar-refractivity contribution in [2.45, 2.75) is 6.92 Å². The monoisotopic (exact) mass is 256 g/mol. The summed E-state index contributed by atoms with van der Waals surface area (Å²) in [6, 6.07) is 19.5. The first-order chi connectivity index (χ1) is 6.38. The molecular weight excluding hydrogens is 245 g/mol. The Morgan fingerprint density at radius 2 is 1.57 bits per heavy atom. The average molecular weight is 256 g/mol. The van der Waals surface area contributed by atoms with Crippen molar-refractivity contribution in [2.75, 3.05) is 0 Å². The summed E-state index contributed by atoms with van der Waals surface area (Å²) in [6.45, 7) is 2.13. The molecule has 0 nitrogen and oxygen atoms in total. The molecule has 0 atom stereocenters. The molecule has 67 valence electrons. The molecule has 2 aromatic carbocycles. The van der Waals surface area contributed by atoms with Crippen LogP contribution in [0, 0.1) is 13.0 Å². The quantitative estimate of drug-likeness (QED) is 0.685. The van der Waals surface area contributed by atoms with Gasteiger partial charge in [0.15, 0.2) is 0 Å². The molecule has 0 amide bonds. The second-order valence-electron chi connectivity index (χ2n) is 3.10. The van der Waals surface area contributed by atoms with Crippen molar-refractivity contribution < 1.29 is 32.7 Å². The summed E-state index contributed by atoms with van der Waals surface area (Å²) < 4.78 is 0. The molecule has 0 spiro atoms. The van der Waals surface area contributed by atoms with Crippen LogP contribution < -0.4 is 0 Å². The molecule has 0 bridgehead atoms. The van der Waals surface area contributed by atoms with Gasteiger partial charge in [-0.05, 0) is 18.1 Å². The maximum Gasteiger partial charge on any atom is 0 e. The van der Waals surface area contributed by atoms with Crippen LogP contribution in [0.2, 0.25) is 0 Å². The van der Waals surface area contributed by atoms with E-state index >= 15 is 0 Å². The largest absolute Gasteiger partial charge is 0.184 e. The fourth-order valence-electron chi connectivity index (χ4n) is 1.46. The third-order valence-corrected chi connectivity index (χ3v) is 2.17. The Morgan fingerprint density at radius 3 is 2.21 bits per heavy atom. The van der Waals surface area contributed by atoms with E-state index in [2.05, 4.69) is 49.4 Å². The maximum atomic E-state index is 3.02. The summed E-state index contributed by atoms with van der Waals surface area (Å²) in [4.78, 5) is 0. The van der Waals surface area contributed by atoms with E-state index in [1.807, 2.05) is 12.1 Å². The van der Waals surface area contributed by atoms with E-state index in [9.17, 15) is 0 Å². The van der Waals surface area contributed by atoms with Crippen molar-refractivity contribution in [1.82, 2.24) is 0 Å². The van der Waals surface area contributed by atoms with Crippen molar-refractivity contribution in [1.29, 1.82) is 0 Å². The Morgan fingerprint density at radius 1 is 0.929 bits per heavy atom. The van der Waals surface area contributed by atoms with E-state index in [0.717, 1.165) is 0 Å². The van der Waals surface area contributed by atoms with Crippen LogP contribution in [-0.4, -0.2) is 0 Å². The van der Waals surface area contributed by atoms with E-state index in [0.29, 0.717) is 0 Å².